The molecule has 0 aliphatic carbocycles. The number of nitrogens with zero attached hydrogens (tertiary/aromatic N) is 1. The fraction of sp³-hybridized carbons (Fsp3) is 0.400. The molecule has 1 amide bonds. The molecule has 0 radical (unpaired) electrons. The molecule has 9 nitrogen and oxygen atoms in total. The van der Waals surface area contributed by atoms with Crippen molar-refractivity contribution >= 4 is 23.8 Å². The van der Waals surface area contributed by atoms with Crippen LogP contribution in [0.3, 0.4) is 0 Å². The van der Waals surface area contributed by atoms with Gasteiger partial charge in [0, 0.05) is 11.8 Å². The van der Waals surface area contributed by atoms with Gasteiger partial charge in [-0.15, -0.1) is 0 Å². The van der Waals surface area contributed by atoms with Crippen LogP contribution in [0.2, 0.25) is 0 Å². The molecule has 0 bridgehead atoms. The quantitative estimate of drug-likeness (QED) is 0.466. The third-order valence-corrected chi connectivity index (χ3v) is 4.91. The molecule has 1 aromatic carbocycles. The monoisotopic (exact) mass is 524 g/mol. The first kappa shape index (κ1) is 27.6. The second kappa shape index (κ2) is 11.4. The minimum Gasteiger partial charge on any atom is -0.434 e. The van der Waals surface area contributed by atoms with Gasteiger partial charge in [0.25, 0.3) is 5.91 Å². The average Bonchev–Trinajstić information content (AvgIpc) is 3.38. The number of aromatic nitrogens is 1. The minimum absolute atomic E-state index is 0.0147. The Kier molecular flexibility index (Phi) is 8.51. The zero-order valence-electron chi connectivity index (χ0n) is 20.7. The number of ether oxygens (including phenoxy) is 4. The van der Waals surface area contributed by atoms with Gasteiger partial charge in [-0.3, -0.25) is 9.36 Å². The molecule has 1 N–H and O–H groups in total. The molecular formula is C25H27F3N2O7. The maximum Gasteiger partial charge on any atom is 0.515 e. The van der Waals surface area contributed by atoms with Crippen molar-refractivity contribution in [1.29, 1.82) is 0 Å². The third kappa shape index (κ3) is 7.05. The summed E-state index contributed by atoms with van der Waals surface area (Å²) in [6.45, 7) is 7.26. The van der Waals surface area contributed by atoms with E-state index in [1.54, 1.807) is 0 Å². The van der Waals surface area contributed by atoms with Crippen molar-refractivity contribution in [2.45, 2.75) is 33.9 Å². The Labute approximate surface area is 211 Å². The van der Waals surface area contributed by atoms with Gasteiger partial charge in [0.2, 0.25) is 5.88 Å². The van der Waals surface area contributed by atoms with Crippen LogP contribution >= 0.6 is 0 Å². The molecule has 1 aromatic heterocycles. The lowest BCUT2D eigenvalue weighted by atomic mass is 10.1. The summed E-state index contributed by atoms with van der Waals surface area (Å²) in [5.74, 6) is -0.901. The largest absolute Gasteiger partial charge is 0.515 e. The molecule has 1 aliphatic heterocycles. The number of carbonyl (C=O) groups is 3. The molecule has 3 rings (SSSR count). The summed E-state index contributed by atoms with van der Waals surface area (Å²) in [6, 6.07) is 6.88. The van der Waals surface area contributed by atoms with Crippen LogP contribution in [0.5, 0.6) is 5.88 Å². The van der Waals surface area contributed by atoms with E-state index in [0.717, 1.165) is 16.7 Å². The van der Waals surface area contributed by atoms with Gasteiger partial charge in [0.15, 0.2) is 0 Å². The van der Waals surface area contributed by atoms with Gasteiger partial charge in [-0.05, 0) is 36.1 Å². The number of nitrogens with one attached hydrogen (secondary N) is 1. The van der Waals surface area contributed by atoms with Crippen LogP contribution in [0.1, 0.15) is 39.0 Å². The van der Waals surface area contributed by atoms with Crippen LogP contribution in [0.4, 0.5) is 22.8 Å². The molecule has 0 atom stereocenters. The Morgan fingerprint density at radius 2 is 1.59 bits per heavy atom. The van der Waals surface area contributed by atoms with E-state index in [2.05, 4.69) is 5.32 Å². The van der Waals surface area contributed by atoms with Crippen molar-refractivity contribution in [2.75, 3.05) is 19.8 Å². The topological polar surface area (TPSA) is 105 Å². The van der Waals surface area contributed by atoms with E-state index in [9.17, 15) is 27.6 Å². The van der Waals surface area contributed by atoms with Crippen LogP contribution < -0.4 is 10.1 Å². The van der Waals surface area contributed by atoms with Crippen LogP contribution in [0.15, 0.2) is 42.2 Å². The predicted octanol–water partition coefficient (Wildman–Crippen LogP) is 5.32. The fourth-order valence-corrected chi connectivity index (χ4v) is 3.31. The minimum atomic E-state index is -4.65. The molecule has 12 heteroatoms. The van der Waals surface area contributed by atoms with E-state index in [1.165, 1.54) is 24.3 Å². The van der Waals surface area contributed by atoms with Crippen molar-refractivity contribution in [1.82, 2.24) is 9.88 Å². The number of carbonyl (C=O) groups excluding carboxylic acids is 3. The summed E-state index contributed by atoms with van der Waals surface area (Å²) in [6.07, 6.45) is -6.77. The molecule has 1 aliphatic rings. The van der Waals surface area contributed by atoms with Crippen molar-refractivity contribution < 1.29 is 46.5 Å². The molecule has 0 saturated heterocycles. The van der Waals surface area contributed by atoms with Crippen molar-refractivity contribution in [2.24, 2.45) is 11.8 Å². The highest BCUT2D eigenvalue weighted by molar-refractivity contribution is 6.22. The highest BCUT2D eigenvalue weighted by Gasteiger charge is 2.34. The highest BCUT2D eigenvalue weighted by Crippen LogP contribution is 2.35. The third-order valence-electron chi connectivity index (χ3n) is 4.91. The second-order valence-corrected chi connectivity index (χ2v) is 9.03. The van der Waals surface area contributed by atoms with E-state index in [0.29, 0.717) is 0 Å². The molecule has 37 heavy (non-hydrogen) atoms. The Morgan fingerprint density at radius 3 is 2.19 bits per heavy atom. The summed E-state index contributed by atoms with van der Waals surface area (Å²) < 4.78 is 62.0. The number of benzene rings is 1. The molecule has 2 heterocycles. The van der Waals surface area contributed by atoms with Crippen LogP contribution in [-0.2, 0) is 25.2 Å². The number of rotatable bonds is 8. The summed E-state index contributed by atoms with van der Waals surface area (Å²) in [5, 5.41) is 2.51. The fourth-order valence-electron chi connectivity index (χ4n) is 3.31. The Balaban J connectivity index is 2.08. The van der Waals surface area contributed by atoms with Gasteiger partial charge in [-0.25, -0.2) is 9.59 Å². The number of hydrogen-bond acceptors (Lipinski definition) is 7. The maximum atomic E-state index is 13.4. The summed E-state index contributed by atoms with van der Waals surface area (Å²) in [5.41, 5.74) is -1.14. The average molecular weight is 524 g/mol. The molecule has 0 unspecified atom stereocenters. The van der Waals surface area contributed by atoms with Crippen molar-refractivity contribution in [3.05, 3.63) is 53.4 Å². The zero-order chi connectivity index (χ0) is 27.3. The summed E-state index contributed by atoms with van der Waals surface area (Å²) in [4.78, 5) is 37.1. The standard InChI is InChI=1S/C25H27F3N2O7/c1-14(2)12-34-23(32)36-19-11-29-22(31)21(19)18-8-9-20(37-24(33)35-13-15(3)4)30(18)17-7-5-6-16(10-17)25(26,27)28/h5-10,14-15H,11-13H2,1-4H3,(H,29,31). The van der Waals surface area contributed by atoms with Gasteiger partial charge in [-0.2, -0.15) is 13.2 Å². The van der Waals surface area contributed by atoms with E-state index in [1.807, 2.05) is 27.7 Å². The Hall–Kier alpha value is -3.96. The Morgan fingerprint density at radius 1 is 0.973 bits per heavy atom. The van der Waals surface area contributed by atoms with Gasteiger partial charge in [0.05, 0.1) is 31.0 Å². The lowest BCUT2D eigenvalue weighted by molar-refractivity contribution is -0.137. The van der Waals surface area contributed by atoms with Crippen molar-refractivity contribution in [3.8, 4) is 11.6 Å². The van der Waals surface area contributed by atoms with Gasteiger partial charge < -0.3 is 24.3 Å². The SMILES string of the molecule is CC(C)COC(=O)OC1=C(c2ccc(OC(=O)OCC(C)C)n2-c2cccc(C(F)(F)F)c2)C(=O)NC1. The first-order valence-corrected chi connectivity index (χ1v) is 11.5. The Bertz CT molecular complexity index is 1200. The van der Waals surface area contributed by atoms with Gasteiger partial charge in [0.1, 0.15) is 11.3 Å². The van der Waals surface area contributed by atoms with Crippen LogP contribution in [0.25, 0.3) is 11.3 Å². The first-order valence-electron chi connectivity index (χ1n) is 11.5. The normalized spacial score (nSPS) is 13.7. The van der Waals surface area contributed by atoms with Crippen LogP contribution in [-0.4, -0.2) is 42.5 Å². The number of hydrogen-bond donors (Lipinski definition) is 1. The number of amides is 1. The molecular weight excluding hydrogens is 497 g/mol. The van der Waals surface area contributed by atoms with E-state index in [-0.39, 0.29) is 60.2 Å². The molecule has 0 spiro atoms. The van der Waals surface area contributed by atoms with E-state index in [4.69, 9.17) is 18.9 Å². The van der Waals surface area contributed by atoms with E-state index < -0.39 is 30.0 Å². The maximum absolute atomic E-state index is 13.4. The van der Waals surface area contributed by atoms with Gasteiger partial charge in [-0.1, -0.05) is 33.8 Å². The second-order valence-electron chi connectivity index (χ2n) is 9.03. The zero-order valence-corrected chi connectivity index (χ0v) is 20.7. The lowest BCUT2D eigenvalue weighted by Gasteiger charge is -2.16. The number of halogens is 3. The van der Waals surface area contributed by atoms with Crippen LogP contribution in [0, 0.1) is 11.8 Å². The molecule has 2 aromatic rings. The highest BCUT2D eigenvalue weighted by atomic mass is 19.4. The molecule has 0 fully saturated rings. The van der Waals surface area contributed by atoms with Crippen molar-refractivity contribution in [3.63, 3.8) is 0 Å². The first-order chi connectivity index (χ1) is 17.4. The predicted molar refractivity (Wildman–Crippen MR) is 125 cm³/mol. The molecule has 0 saturated carbocycles. The lowest BCUT2D eigenvalue weighted by Crippen LogP contribution is -2.19. The molecule has 200 valence electrons. The smallest absolute Gasteiger partial charge is 0.434 e. The summed E-state index contributed by atoms with van der Waals surface area (Å²) >= 11 is 0. The van der Waals surface area contributed by atoms with Gasteiger partial charge >= 0.3 is 18.5 Å². The number of alkyl halides is 3. The summed E-state index contributed by atoms with van der Waals surface area (Å²) in [7, 11) is 0. The van der Waals surface area contributed by atoms with E-state index >= 15 is 0 Å².